The summed E-state index contributed by atoms with van der Waals surface area (Å²) >= 11 is 1.30. The Hall–Kier alpha value is -2.93. The Morgan fingerprint density at radius 2 is 1.82 bits per heavy atom. The Balaban J connectivity index is 1.83. The average molecular weight is 396 g/mol. The fraction of sp³-hybridized carbons (Fsp3) is 0.238. The van der Waals surface area contributed by atoms with Crippen molar-refractivity contribution >= 4 is 23.5 Å². The van der Waals surface area contributed by atoms with Gasteiger partial charge in [-0.1, -0.05) is 29.8 Å². The van der Waals surface area contributed by atoms with Gasteiger partial charge in [0.2, 0.25) is 5.78 Å². The number of ketones is 1. The molecule has 1 aromatic carbocycles. The zero-order valence-electron chi connectivity index (χ0n) is 16.1. The summed E-state index contributed by atoms with van der Waals surface area (Å²) in [6.45, 7) is 5.21. The lowest BCUT2D eigenvalue weighted by Gasteiger charge is -2.15. The molecule has 0 spiro atoms. The topological polar surface area (TPSA) is 82.3 Å². The molecule has 1 atom stereocenters. The predicted molar refractivity (Wildman–Crippen MR) is 107 cm³/mol. The van der Waals surface area contributed by atoms with Crippen LogP contribution in [0.2, 0.25) is 0 Å². The molecule has 0 amide bonds. The first-order chi connectivity index (χ1) is 13.4. The highest BCUT2D eigenvalue weighted by atomic mass is 32.2. The molecule has 7 heteroatoms. The summed E-state index contributed by atoms with van der Waals surface area (Å²) in [6.07, 6.45) is 2.42. The largest absolute Gasteiger partial charge is 0.461 e. The van der Waals surface area contributed by atoms with E-state index in [1.807, 2.05) is 25.3 Å². The molecule has 2 aromatic heterocycles. The third-order valence-electron chi connectivity index (χ3n) is 4.18. The van der Waals surface area contributed by atoms with Crippen molar-refractivity contribution in [3.8, 4) is 11.6 Å². The van der Waals surface area contributed by atoms with Crippen LogP contribution in [0.1, 0.15) is 38.9 Å². The average Bonchev–Trinajstić information content (AvgIpc) is 3.22. The summed E-state index contributed by atoms with van der Waals surface area (Å²) in [5.41, 5.74) is 2.27. The first kappa shape index (κ1) is 19.8. The van der Waals surface area contributed by atoms with Gasteiger partial charge in [0.15, 0.2) is 17.7 Å². The highest BCUT2D eigenvalue weighted by molar-refractivity contribution is 7.98. The maximum Gasteiger partial charge on any atom is 0.343 e. The second-order valence-electron chi connectivity index (χ2n) is 6.27. The Labute approximate surface area is 167 Å². The number of aromatic nitrogens is 2. The zero-order valence-corrected chi connectivity index (χ0v) is 16.9. The van der Waals surface area contributed by atoms with Crippen LogP contribution >= 0.6 is 11.8 Å². The molecule has 144 valence electrons. The smallest absolute Gasteiger partial charge is 0.343 e. The van der Waals surface area contributed by atoms with Crippen LogP contribution in [-0.2, 0) is 4.74 Å². The summed E-state index contributed by atoms with van der Waals surface area (Å²) < 4.78 is 10.8. The number of esters is 1. The number of nitrogens with zero attached hydrogens (tertiary/aromatic N) is 2. The van der Waals surface area contributed by atoms with Gasteiger partial charge in [0.1, 0.15) is 10.6 Å². The van der Waals surface area contributed by atoms with Crippen molar-refractivity contribution in [1.29, 1.82) is 0 Å². The third-order valence-corrected chi connectivity index (χ3v) is 4.87. The minimum Gasteiger partial charge on any atom is -0.461 e. The van der Waals surface area contributed by atoms with Crippen molar-refractivity contribution in [3.63, 3.8) is 0 Å². The molecule has 28 heavy (non-hydrogen) atoms. The number of carbonyl (C=O) groups is 2. The Morgan fingerprint density at radius 3 is 2.43 bits per heavy atom. The van der Waals surface area contributed by atoms with Gasteiger partial charge in [0, 0.05) is 5.56 Å². The number of rotatable bonds is 6. The molecule has 0 unspecified atom stereocenters. The number of Topliss-reactive ketones (excluding diaryl/α,β-unsaturated/α-hetero) is 1. The van der Waals surface area contributed by atoms with E-state index < -0.39 is 12.1 Å². The highest BCUT2D eigenvalue weighted by Crippen LogP contribution is 2.26. The minimum absolute atomic E-state index is 0.256. The standard InChI is InChI=1S/C21H20N2O4S/c1-12-7-9-15(10-8-12)18(24)14(3)27-21(25)17-13(2)22-19(23-20(17)28-4)16-6-5-11-26-16/h5-11,14H,1-4H3/t14-/m0/s1. The van der Waals surface area contributed by atoms with Crippen molar-refractivity contribution in [2.75, 3.05) is 6.26 Å². The molecule has 0 bridgehead atoms. The van der Waals surface area contributed by atoms with Gasteiger partial charge in [-0.25, -0.2) is 14.8 Å². The van der Waals surface area contributed by atoms with Gasteiger partial charge in [0.25, 0.3) is 0 Å². The Kier molecular flexibility index (Phi) is 5.94. The lowest BCUT2D eigenvalue weighted by atomic mass is 10.1. The van der Waals surface area contributed by atoms with E-state index in [0.717, 1.165) is 5.56 Å². The van der Waals surface area contributed by atoms with Gasteiger partial charge in [-0.2, -0.15) is 0 Å². The van der Waals surface area contributed by atoms with Crippen molar-refractivity contribution in [2.45, 2.75) is 31.9 Å². The third kappa shape index (κ3) is 4.14. The summed E-state index contributed by atoms with van der Waals surface area (Å²) in [6, 6.07) is 10.6. The summed E-state index contributed by atoms with van der Waals surface area (Å²) in [4.78, 5) is 34.1. The van der Waals surface area contributed by atoms with Crippen LogP contribution in [0.3, 0.4) is 0 Å². The normalized spacial score (nSPS) is 11.9. The predicted octanol–water partition coefficient (Wildman–Crippen LogP) is 4.50. The van der Waals surface area contributed by atoms with Gasteiger partial charge in [-0.05, 0) is 39.2 Å². The van der Waals surface area contributed by atoms with E-state index >= 15 is 0 Å². The van der Waals surface area contributed by atoms with E-state index in [4.69, 9.17) is 9.15 Å². The fourth-order valence-corrected chi connectivity index (χ4v) is 3.28. The summed E-state index contributed by atoms with van der Waals surface area (Å²) in [7, 11) is 0. The molecule has 0 aliphatic rings. The van der Waals surface area contributed by atoms with Crippen LogP contribution in [0, 0.1) is 13.8 Å². The molecule has 0 aliphatic heterocycles. The van der Waals surface area contributed by atoms with E-state index in [-0.39, 0.29) is 11.3 Å². The molecule has 0 aliphatic carbocycles. The Bertz CT molecular complexity index is 998. The first-order valence-electron chi connectivity index (χ1n) is 8.69. The molecule has 0 saturated carbocycles. The van der Waals surface area contributed by atoms with E-state index in [2.05, 4.69) is 9.97 Å². The molecule has 3 aromatic rings. The van der Waals surface area contributed by atoms with E-state index in [9.17, 15) is 9.59 Å². The van der Waals surface area contributed by atoms with Crippen LogP contribution in [0.25, 0.3) is 11.6 Å². The van der Waals surface area contributed by atoms with E-state index in [1.54, 1.807) is 38.1 Å². The lowest BCUT2D eigenvalue weighted by Crippen LogP contribution is -2.25. The zero-order chi connectivity index (χ0) is 20.3. The van der Waals surface area contributed by atoms with Gasteiger partial charge in [0.05, 0.1) is 12.0 Å². The lowest BCUT2D eigenvalue weighted by molar-refractivity contribution is 0.0313. The molecule has 0 radical (unpaired) electrons. The number of thioether (sulfide) groups is 1. The maximum absolute atomic E-state index is 12.8. The first-order valence-corrected chi connectivity index (χ1v) is 9.91. The monoisotopic (exact) mass is 396 g/mol. The Morgan fingerprint density at radius 1 is 1.11 bits per heavy atom. The van der Waals surface area contributed by atoms with E-state index in [0.29, 0.717) is 27.9 Å². The molecule has 2 heterocycles. The summed E-state index contributed by atoms with van der Waals surface area (Å²) in [5, 5.41) is 0.471. The molecule has 6 nitrogen and oxygen atoms in total. The summed E-state index contributed by atoms with van der Waals surface area (Å²) in [5.74, 6) is 0.0269. The van der Waals surface area contributed by atoms with Crippen molar-refractivity contribution < 1.29 is 18.7 Å². The molecular weight excluding hydrogens is 376 g/mol. The van der Waals surface area contributed by atoms with Crippen LogP contribution in [-0.4, -0.2) is 34.1 Å². The second-order valence-corrected chi connectivity index (χ2v) is 7.07. The fourth-order valence-electron chi connectivity index (χ4n) is 2.67. The number of carbonyl (C=O) groups excluding carboxylic acids is 2. The molecular formula is C21H20N2O4S. The van der Waals surface area contributed by atoms with Crippen LogP contribution in [0.5, 0.6) is 0 Å². The molecule has 0 fully saturated rings. The van der Waals surface area contributed by atoms with Crippen LogP contribution < -0.4 is 0 Å². The minimum atomic E-state index is -0.922. The van der Waals surface area contributed by atoms with Crippen molar-refractivity contribution in [1.82, 2.24) is 9.97 Å². The molecule has 0 saturated heterocycles. The quantitative estimate of drug-likeness (QED) is 0.262. The number of furan rings is 1. The van der Waals surface area contributed by atoms with Gasteiger partial charge >= 0.3 is 5.97 Å². The number of ether oxygens (including phenoxy) is 1. The van der Waals surface area contributed by atoms with Crippen LogP contribution in [0.15, 0.2) is 52.1 Å². The van der Waals surface area contributed by atoms with Crippen molar-refractivity contribution in [2.24, 2.45) is 0 Å². The highest BCUT2D eigenvalue weighted by Gasteiger charge is 2.25. The molecule has 3 rings (SSSR count). The number of benzene rings is 1. The SMILES string of the molecule is CSc1nc(-c2ccco2)nc(C)c1C(=O)O[C@@H](C)C(=O)c1ccc(C)cc1. The van der Waals surface area contributed by atoms with Gasteiger partial charge < -0.3 is 9.15 Å². The maximum atomic E-state index is 12.8. The second kappa shape index (κ2) is 8.39. The van der Waals surface area contributed by atoms with Gasteiger partial charge in [-0.15, -0.1) is 11.8 Å². The van der Waals surface area contributed by atoms with Crippen molar-refractivity contribution in [3.05, 3.63) is 65.0 Å². The molecule has 0 N–H and O–H groups in total. The number of aryl methyl sites for hydroxylation is 2. The number of hydrogen-bond donors (Lipinski definition) is 0. The van der Waals surface area contributed by atoms with Crippen LogP contribution in [0.4, 0.5) is 0 Å². The van der Waals surface area contributed by atoms with E-state index in [1.165, 1.54) is 18.0 Å². The van der Waals surface area contributed by atoms with Gasteiger partial charge in [-0.3, -0.25) is 4.79 Å². The number of hydrogen-bond acceptors (Lipinski definition) is 7.